The molecule has 0 saturated heterocycles. The first-order valence-electron chi connectivity index (χ1n) is 7.10. The number of methoxy groups -OCH3 is 1. The van der Waals surface area contributed by atoms with Crippen LogP contribution in [-0.4, -0.2) is 19.5 Å². The minimum Gasteiger partial charge on any atom is -0.488 e. The highest BCUT2D eigenvalue weighted by Gasteiger charge is 2.13. The number of hydrogen-bond donors (Lipinski definition) is 0. The van der Waals surface area contributed by atoms with Gasteiger partial charge in [-0.15, -0.1) is 0 Å². The first-order chi connectivity index (χ1) is 10.6. The second-order valence-corrected chi connectivity index (χ2v) is 5.08. The van der Waals surface area contributed by atoms with E-state index < -0.39 is 0 Å². The van der Waals surface area contributed by atoms with Gasteiger partial charge in [-0.1, -0.05) is 23.8 Å². The summed E-state index contributed by atoms with van der Waals surface area (Å²) in [5.41, 5.74) is 2.39. The fourth-order valence-corrected chi connectivity index (χ4v) is 2.06. The Morgan fingerprint density at radius 1 is 1.14 bits per heavy atom. The third-order valence-electron chi connectivity index (χ3n) is 3.28. The van der Waals surface area contributed by atoms with E-state index >= 15 is 0 Å². The number of aryl methyl sites for hydroxylation is 1. The normalized spacial score (nSPS) is 10.5. The van der Waals surface area contributed by atoms with Crippen molar-refractivity contribution in [3.05, 3.63) is 65.0 Å². The summed E-state index contributed by atoms with van der Waals surface area (Å²) in [5, 5.41) is 0. The molecule has 0 spiro atoms. The summed E-state index contributed by atoms with van der Waals surface area (Å²) in [5.74, 6) is 0.241. The van der Waals surface area contributed by atoms with Crippen LogP contribution in [0.2, 0.25) is 0 Å². The van der Waals surface area contributed by atoms with Gasteiger partial charge in [-0.2, -0.15) is 0 Å². The van der Waals surface area contributed by atoms with Crippen molar-refractivity contribution in [2.75, 3.05) is 13.7 Å². The van der Waals surface area contributed by atoms with E-state index in [0.717, 1.165) is 11.1 Å². The largest absolute Gasteiger partial charge is 0.488 e. The summed E-state index contributed by atoms with van der Waals surface area (Å²) < 4.78 is 23.6. The molecule has 0 aromatic heterocycles. The number of Topliss-reactive ketones (excluding diaryl/α,β-unsaturated/α-hetero) is 1. The molecule has 0 atom stereocenters. The molecule has 0 unspecified atom stereocenters. The lowest BCUT2D eigenvalue weighted by atomic mass is 10.0. The molecule has 0 amide bonds. The van der Waals surface area contributed by atoms with Gasteiger partial charge in [0.2, 0.25) is 0 Å². The molecular weight excluding hydrogens is 283 g/mol. The van der Waals surface area contributed by atoms with Crippen LogP contribution in [0.4, 0.5) is 4.39 Å². The van der Waals surface area contributed by atoms with Crippen molar-refractivity contribution in [1.82, 2.24) is 0 Å². The van der Waals surface area contributed by atoms with E-state index in [9.17, 15) is 9.18 Å². The van der Waals surface area contributed by atoms with Gasteiger partial charge in [0.05, 0.1) is 12.2 Å². The molecule has 0 radical (unpaired) electrons. The highest BCUT2D eigenvalue weighted by molar-refractivity contribution is 5.98. The Labute approximate surface area is 129 Å². The molecule has 0 fully saturated rings. The number of ketones is 1. The van der Waals surface area contributed by atoms with Gasteiger partial charge in [-0.05, 0) is 36.8 Å². The maximum Gasteiger partial charge on any atom is 0.168 e. The Morgan fingerprint density at radius 2 is 1.86 bits per heavy atom. The number of ether oxygens (including phenoxy) is 2. The third kappa shape index (κ3) is 4.40. The molecule has 3 nitrogen and oxygen atoms in total. The Bertz CT molecular complexity index is 635. The van der Waals surface area contributed by atoms with Gasteiger partial charge in [0.25, 0.3) is 0 Å². The molecule has 0 N–H and O–H groups in total. The van der Waals surface area contributed by atoms with E-state index in [1.165, 1.54) is 12.1 Å². The van der Waals surface area contributed by atoms with Crippen LogP contribution >= 0.6 is 0 Å². The number of carbonyl (C=O) groups is 1. The van der Waals surface area contributed by atoms with Gasteiger partial charge < -0.3 is 9.47 Å². The standard InChI is InChI=1S/C18H19FO3/c1-13-3-8-18(16(11-13)17(20)9-10-21-2)22-12-14-4-6-15(19)7-5-14/h3-8,11H,9-10,12H2,1-2H3. The van der Waals surface area contributed by atoms with Crippen molar-refractivity contribution < 1.29 is 18.7 Å². The fraction of sp³-hybridized carbons (Fsp3) is 0.278. The van der Waals surface area contributed by atoms with Gasteiger partial charge in [0.1, 0.15) is 18.2 Å². The van der Waals surface area contributed by atoms with Gasteiger partial charge in [0, 0.05) is 13.5 Å². The minimum atomic E-state index is -0.283. The SMILES string of the molecule is COCCC(=O)c1cc(C)ccc1OCc1ccc(F)cc1. The van der Waals surface area contributed by atoms with E-state index in [1.807, 2.05) is 19.1 Å². The predicted molar refractivity (Wildman–Crippen MR) is 82.7 cm³/mol. The van der Waals surface area contributed by atoms with Gasteiger partial charge >= 0.3 is 0 Å². The molecule has 4 heteroatoms. The first kappa shape index (κ1) is 16.2. The van der Waals surface area contributed by atoms with Crippen LogP contribution in [0.1, 0.15) is 27.9 Å². The second kappa shape index (κ2) is 7.71. The summed E-state index contributed by atoms with van der Waals surface area (Å²) in [7, 11) is 1.56. The van der Waals surface area contributed by atoms with E-state index in [2.05, 4.69) is 0 Å². The van der Waals surface area contributed by atoms with Crippen molar-refractivity contribution in [1.29, 1.82) is 0 Å². The van der Waals surface area contributed by atoms with Crippen molar-refractivity contribution >= 4 is 5.78 Å². The minimum absolute atomic E-state index is 0.0142. The average Bonchev–Trinajstić information content (AvgIpc) is 2.53. The zero-order chi connectivity index (χ0) is 15.9. The predicted octanol–water partition coefficient (Wildman–Crippen LogP) is 3.93. The molecule has 22 heavy (non-hydrogen) atoms. The molecule has 116 valence electrons. The van der Waals surface area contributed by atoms with E-state index in [-0.39, 0.29) is 18.2 Å². The summed E-state index contributed by atoms with van der Waals surface area (Å²) in [4.78, 5) is 12.2. The molecule has 0 aliphatic carbocycles. The van der Waals surface area contributed by atoms with Crippen LogP contribution in [0, 0.1) is 12.7 Å². The lowest BCUT2D eigenvalue weighted by Crippen LogP contribution is -2.07. The van der Waals surface area contributed by atoms with Gasteiger partial charge in [-0.25, -0.2) is 4.39 Å². The first-order valence-corrected chi connectivity index (χ1v) is 7.10. The van der Waals surface area contributed by atoms with Crippen LogP contribution in [0.3, 0.4) is 0 Å². The number of carbonyl (C=O) groups excluding carboxylic acids is 1. The van der Waals surface area contributed by atoms with Crippen molar-refractivity contribution in [3.63, 3.8) is 0 Å². The maximum atomic E-state index is 12.9. The third-order valence-corrected chi connectivity index (χ3v) is 3.28. The van der Waals surface area contributed by atoms with Crippen molar-refractivity contribution in [2.24, 2.45) is 0 Å². The summed E-state index contributed by atoms with van der Waals surface area (Å²) in [6, 6.07) is 11.6. The summed E-state index contributed by atoms with van der Waals surface area (Å²) >= 11 is 0. The fourth-order valence-electron chi connectivity index (χ4n) is 2.06. The quantitative estimate of drug-likeness (QED) is 0.727. The number of rotatable bonds is 7. The molecule has 0 bridgehead atoms. The lowest BCUT2D eigenvalue weighted by molar-refractivity contribution is 0.0928. The molecule has 0 aliphatic rings. The van der Waals surface area contributed by atoms with Crippen molar-refractivity contribution in [2.45, 2.75) is 20.0 Å². The van der Waals surface area contributed by atoms with E-state index in [0.29, 0.717) is 24.3 Å². The van der Waals surface area contributed by atoms with Gasteiger partial charge in [-0.3, -0.25) is 4.79 Å². The molecule has 2 rings (SSSR count). The van der Waals surface area contributed by atoms with Crippen LogP contribution in [0.15, 0.2) is 42.5 Å². The van der Waals surface area contributed by atoms with Crippen LogP contribution < -0.4 is 4.74 Å². The average molecular weight is 302 g/mol. The maximum absolute atomic E-state index is 12.9. The lowest BCUT2D eigenvalue weighted by Gasteiger charge is -2.12. The van der Waals surface area contributed by atoms with Crippen LogP contribution in [0.25, 0.3) is 0 Å². The monoisotopic (exact) mass is 302 g/mol. The highest BCUT2D eigenvalue weighted by Crippen LogP contribution is 2.23. The topological polar surface area (TPSA) is 35.5 Å². The number of benzene rings is 2. The molecule has 0 aliphatic heterocycles. The zero-order valence-electron chi connectivity index (χ0n) is 12.8. The molecular formula is C18H19FO3. The van der Waals surface area contributed by atoms with Crippen LogP contribution in [-0.2, 0) is 11.3 Å². The summed E-state index contributed by atoms with van der Waals surface area (Å²) in [6.07, 6.45) is 0.312. The number of hydrogen-bond acceptors (Lipinski definition) is 3. The molecule has 2 aromatic carbocycles. The molecule has 0 heterocycles. The Morgan fingerprint density at radius 3 is 2.55 bits per heavy atom. The van der Waals surface area contributed by atoms with Gasteiger partial charge in [0.15, 0.2) is 5.78 Å². The van der Waals surface area contributed by atoms with Crippen molar-refractivity contribution in [3.8, 4) is 5.75 Å². The molecule has 0 saturated carbocycles. The Hall–Kier alpha value is -2.20. The van der Waals surface area contributed by atoms with E-state index in [1.54, 1.807) is 25.3 Å². The zero-order valence-corrected chi connectivity index (χ0v) is 12.8. The van der Waals surface area contributed by atoms with E-state index in [4.69, 9.17) is 9.47 Å². The Balaban J connectivity index is 2.12. The second-order valence-electron chi connectivity index (χ2n) is 5.08. The highest BCUT2D eigenvalue weighted by atomic mass is 19.1. The smallest absolute Gasteiger partial charge is 0.168 e. The number of halogens is 1. The Kier molecular flexibility index (Phi) is 5.67. The summed E-state index contributed by atoms with van der Waals surface area (Å²) in [6.45, 7) is 2.59. The van der Waals surface area contributed by atoms with Crippen LogP contribution in [0.5, 0.6) is 5.75 Å². The molecule has 2 aromatic rings.